The van der Waals surface area contributed by atoms with E-state index in [0.717, 1.165) is 50.0 Å². The van der Waals surface area contributed by atoms with Crippen LogP contribution >= 0.6 is 0 Å². The fourth-order valence-corrected chi connectivity index (χ4v) is 10.1. The van der Waals surface area contributed by atoms with Crippen LogP contribution in [-0.2, 0) is 5.41 Å². The number of hydrogen-bond donors (Lipinski definition) is 0. The van der Waals surface area contributed by atoms with Crippen LogP contribution in [0.5, 0.6) is 0 Å². The molecule has 2 heterocycles. The molecule has 0 N–H and O–H groups in total. The van der Waals surface area contributed by atoms with Crippen LogP contribution < -0.4 is 0 Å². The average Bonchev–Trinajstić information content (AvgIpc) is 3.60. The third-order valence-corrected chi connectivity index (χ3v) is 13.2. The highest BCUT2D eigenvalue weighted by atomic mass is 14.9. The second-order valence-electron chi connectivity index (χ2n) is 17.1. The number of fused-ring (bicyclic) bond motifs is 7. The second kappa shape index (κ2) is 14.6. The van der Waals surface area contributed by atoms with Gasteiger partial charge in [-0.2, -0.15) is 0 Å². The first-order chi connectivity index (χ1) is 31.0. The Labute approximate surface area is 367 Å². The number of aromatic nitrogens is 3. The predicted molar refractivity (Wildman–Crippen MR) is 263 cm³/mol. The third-order valence-electron chi connectivity index (χ3n) is 13.2. The first-order valence-corrected chi connectivity index (χ1v) is 21.7. The Kier molecular flexibility index (Phi) is 8.52. The summed E-state index contributed by atoms with van der Waals surface area (Å²) < 4.78 is 0. The van der Waals surface area contributed by atoms with Crippen LogP contribution in [0.2, 0.25) is 0 Å². The van der Waals surface area contributed by atoms with Crippen molar-refractivity contribution in [2.45, 2.75) is 19.3 Å². The van der Waals surface area contributed by atoms with E-state index in [9.17, 15) is 0 Å². The normalized spacial score (nSPS) is 12.7. The monoisotopic (exact) mass is 803 g/mol. The van der Waals surface area contributed by atoms with Crippen molar-refractivity contribution in [2.75, 3.05) is 0 Å². The molecule has 1 aliphatic rings. The minimum atomic E-state index is -0.114. The Morgan fingerprint density at radius 3 is 1.52 bits per heavy atom. The Morgan fingerprint density at radius 1 is 0.349 bits per heavy atom. The summed E-state index contributed by atoms with van der Waals surface area (Å²) in [6.45, 7) is 4.74. The Balaban J connectivity index is 1.01. The van der Waals surface area contributed by atoms with Gasteiger partial charge in [-0.1, -0.05) is 196 Å². The lowest BCUT2D eigenvalue weighted by atomic mass is 9.81. The van der Waals surface area contributed by atoms with Gasteiger partial charge in [0.2, 0.25) is 0 Å². The van der Waals surface area contributed by atoms with Crippen molar-refractivity contribution in [3.05, 3.63) is 224 Å². The summed E-state index contributed by atoms with van der Waals surface area (Å²) in [5.74, 6) is 0.694. The summed E-state index contributed by atoms with van der Waals surface area (Å²) >= 11 is 0. The Hall–Kier alpha value is -8.01. The summed E-state index contributed by atoms with van der Waals surface area (Å²) in [6, 6.07) is 72.3. The molecule has 0 saturated carbocycles. The molecule has 296 valence electrons. The molecule has 11 aromatic rings. The zero-order valence-electron chi connectivity index (χ0n) is 35.0. The van der Waals surface area contributed by atoms with Crippen molar-refractivity contribution >= 4 is 32.3 Å². The largest absolute Gasteiger partial charge is 0.264 e. The van der Waals surface area contributed by atoms with Crippen LogP contribution in [0.3, 0.4) is 0 Å². The van der Waals surface area contributed by atoms with Gasteiger partial charge in [-0.15, -0.1) is 0 Å². The van der Waals surface area contributed by atoms with Crippen LogP contribution in [0, 0.1) is 0 Å². The molecule has 9 aromatic carbocycles. The molecule has 0 atom stereocenters. The fourth-order valence-electron chi connectivity index (χ4n) is 10.1. The molecule has 0 spiro atoms. The van der Waals surface area contributed by atoms with Gasteiger partial charge in [0.25, 0.3) is 0 Å². The van der Waals surface area contributed by atoms with Crippen molar-refractivity contribution in [2.24, 2.45) is 0 Å². The standard InChI is InChI=1S/C60H41N3/c1-60(2)53-24-12-23-51(58(53)57-43-18-7-6-14-39(43)29-34-54(57)60)50-31-30-48(44-19-8-9-20-45(44)50)49-32-33-52(47-22-11-10-21-46(47)49)59-62-55(40-15-4-3-5-16-40)36-56(63-59)41-27-25-38(26-28-41)42-17-13-35-61-37-42/h3-37H,1-2H3. The molecule has 0 fully saturated rings. The number of pyridine rings is 1. The summed E-state index contributed by atoms with van der Waals surface area (Å²) in [4.78, 5) is 14.9. The highest BCUT2D eigenvalue weighted by Gasteiger charge is 2.38. The van der Waals surface area contributed by atoms with Gasteiger partial charge in [0, 0.05) is 34.5 Å². The van der Waals surface area contributed by atoms with Gasteiger partial charge < -0.3 is 0 Å². The molecule has 0 unspecified atom stereocenters. The maximum absolute atomic E-state index is 5.30. The summed E-state index contributed by atoms with van der Waals surface area (Å²) in [7, 11) is 0. The van der Waals surface area contributed by atoms with Gasteiger partial charge in [-0.05, 0) is 106 Å². The fraction of sp³-hybridized carbons (Fsp3) is 0.0500. The molecule has 2 aromatic heterocycles. The predicted octanol–water partition coefficient (Wildman–Crippen LogP) is 15.6. The molecule has 12 rings (SSSR count). The first kappa shape index (κ1) is 36.8. The van der Waals surface area contributed by atoms with Crippen LogP contribution in [-0.4, -0.2) is 15.0 Å². The van der Waals surface area contributed by atoms with Crippen LogP contribution in [0.25, 0.3) is 111 Å². The quantitative estimate of drug-likeness (QED) is 0.168. The van der Waals surface area contributed by atoms with Gasteiger partial charge in [-0.3, -0.25) is 4.98 Å². The minimum Gasteiger partial charge on any atom is -0.264 e. The number of benzene rings is 9. The summed E-state index contributed by atoms with van der Waals surface area (Å²) in [5, 5.41) is 7.31. The van der Waals surface area contributed by atoms with Gasteiger partial charge >= 0.3 is 0 Å². The van der Waals surface area contributed by atoms with Crippen LogP contribution in [0.15, 0.2) is 213 Å². The van der Waals surface area contributed by atoms with Gasteiger partial charge in [-0.25, -0.2) is 9.97 Å². The van der Waals surface area contributed by atoms with Gasteiger partial charge in [0.15, 0.2) is 5.82 Å². The molecule has 3 heteroatoms. The van der Waals surface area contributed by atoms with Gasteiger partial charge in [0.1, 0.15) is 0 Å². The summed E-state index contributed by atoms with van der Waals surface area (Å²) in [5.41, 5.74) is 17.3. The number of hydrogen-bond acceptors (Lipinski definition) is 3. The van der Waals surface area contributed by atoms with E-state index in [-0.39, 0.29) is 5.41 Å². The molecule has 0 amide bonds. The maximum atomic E-state index is 5.30. The molecule has 0 radical (unpaired) electrons. The SMILES string of the molecule is CC1(C)c2cccc(-c3ccc(-c4ccc(-c5nc(-c6ccccc6)cc(-c6ccc(-c7cccnc7)cc6)n5)c5ccccc45)c4ccccc34)c2-c2c1ccc1ccccc21. The van der Waals surface area contributed by atoms with Crippen molar-refractivity contribution in [3.63, 3.8) is 0 Å². The van der Waals surface area contributed by atoms with Gasteiger partial charge in [0.05, 0.1) is 11.4 Å². The Morgan fingerprint density at radius 2 is 0.873 bits per heavy atom. The molecule has 0 aliphatic heterocycles. The molecule has 3 nitrogen and oxygen atoms in total. The highest BCUT2D eigenvalue weighted by molar-refractivity contribution is 6.14. The van der Waals surface area contributed by atoms with E-state index >= 15 is 0 Å². The van der Waals surface area contributed by atoms with E-state index in [4.69, 9.17) is 9.97 Å². The Bertz CT molecular complexity index is 3570. The average molecular weight is 804 g/mol. The second-order valence-corrected chi connectivity index (χ2v) is 17.1. The molecular formula is C60H41N3. The lowest BCUT2D eigenvalue weighted by Crippen LogP contribution is -2.14. The zero-order valence-corrected chi connectivity index (χ0v) is 35.0. The molecule has 1 aliphatic carbocycles. The first-order valence-electron chi connectivity index (χ1n) is 21.7. The van der Waals surface area contributed by atoms with Crippen LogP contribution in [0.1, 0.15) is 25.0 Å². The summed E-state index contributed by atoms with van der Waals surface area (Å²) in [6.07, 6.45) is 3.70. The van der Waals surface area contributed by atoms with Crippen LogP contribution in [0.4, 0.5) is 0 Å². The van der Waals surface area contributed by atoms with Crippen molar-refractivity contribution in [1.82, 2.24) is 15.0 Å². The zero-order chi connectivity index (χ0) is 42.1. The van der Waals surface area contributed by atoms with E-state index < -0.39 is 0 Å². The van der Waals surface area contributed by atoms with E-state index in [1.807, 2.05) is 18.3 Å². The van der Waals surface area contributed by atoms with E-state index in [2.05, 4.69) is 207 Å². The lowest BCUT2D eigenvalue weighted by Gasteiger charge is -2.22. The number of rotatable bonds is 6. The van der Waals surface area contributed by atoms with E-state index in [0.29, 0.717) is 5.82 Å². The smallest absolute Gasteiger partial charge is 0.161 e. The molecule has 0 bridgehead atoms. The molecule has 0 saturated heterocycles. The third kappa shape index (κ3) is 6.00. The minimum absolute atomic E-state index is 0.114. The lowest BCUT2D eigenvalue weighted by molar-refractivity contribution is 0.661. The molecular weight excluding hydrogens is 763 g/mol. The number of nitrogens with zero attached hydrogens (tertiary/aromatic N) is 3. The maximum Gasteiger partial charge on any atom is 0.161 e. The van der Waals surface area contributed by atoms with Crippen molar-refractivity contribution in [3.8, 4) is 78.4 Å². The highest BCUT2D eigenvalue weighted by Crippen LogP contribution is 2.55. The van der Waals surface area contributed by atoms with E-state index in [1.165, 1.54) is 66.1 Å². The van der Waals surface area contributed by atoms with Crippen molar-refractivity contribution in [1.29, 1.82) is 0 Å². The van der Waals surface area contributed by atoms with Crippen molar-refractivity contribution < 1.29 is 0 Å². The van der Waals surface area contributed by atoms with E-state index in [1.54, 1.807) is 6.20 Å². The topological polar surface area (TPSA) is 38.7 Å². The molecule has 63 heavy (non-hydrogen) atoms.